The summed E-state index contributed by atoms with van der Waals surface area (Å²) in [6.07, 6.45) is -0.0422. The highest BCUT2D eigenvalue weighted by Crippen LogP contribution is 2.17. The molecule has 4 nitrogen and oxygen atoms in total. The fourth-order valence-corrected chi connectivity index (χ4v) is 1.99. The molecule has 0 aliphatic rings. The van der Waals surface area contributed by atoms with Gasteiger partial charge in [-0.25, -0.2) is 4.99 Å². The molecule has 0 fully saturated rings. The quantitative estimate of drug-likeness (QED) is 0.431. The van der Waals surface area contributed by atoms with Crippen LogP contribution < -0.4 is 15.8 Å². The normalized spacial score (nSPS) is 12.2. The Labute approximate surface area is 155 Å². The molecule has 1 unspecified atom stereocenters. The number of nitrogens with zero attached hydrogens (tertiary/aromatic N) is 1. The summed E-state index contributed by atoms with van der Waals surface area (Å²) in [5, 5.41) is 3.07. The van der Waals surface area contributed by atoms with E-state index < -0.39 is 0 Å². The zero-order valence-corrected chi connectivity index (χ0v) is 16.1. The van der Waals surface area contributed by atoms with Crippen LogP contribution in [0, 0.1) is 13.8 Å². The average molecular weight is 425 g/mol. The molecule has 3 N–H and O–H groups in total. The van der Waals surface area contributed by atoms with E-state index >= 15 is 0 Å². The van der Waals surface area contributed by atoms with Crippen LogP contribution in [0.3, 0.4) is 0 Å². The van der Waals surface area contributed by atoms with Crippen LogP contribution in [0.1, 0.15) is 18.1 Å². The highest BCUT2D eigenvalue weighted by Gasteiger charge is 2.05. The van der Waals surface area contributed by atoms with Gasteiger partial charge >= 0.3 is 0 Å². The Kier molecular flexibility index (Phi) is 7.88. The minimum atomic E-state index is -0.0422. The summed E-state index contributed by atoms with van der Waals surface area (Å²) in [6.45, 7) is 6.55. The van der Waals surface area contributed by atoms with Crippen molar-refractivity contribution in [1.82, 2.24) is 0 Å². The molecular formula is C18H24IN3O. The summed E-state index contributed by atoms with van der Waals surface area (Å²) in [7, 11) is 0. The lowest BCUT2D eigenvalue weighted by Gasteiger charge is -2.15. The largest absolute Gasteiger partial charge is 0.489 e. The lowest BCUT2D eigenvalue weighted by atomic mass is 10.2. The van der Waals surface area contributed by atoms with E-state index in [4.69, 9.17) is 10.5 Å². The number of aryl methyl sites for hydroxylation is 2. The molecule has 1 atom stereocenters. The third kappa shape index (κ3) is 6.48. The number of hydrogen-bond acceptors (Lipinski definition) is 2. The molecule has 0 heterocycles. The van der Waals surface area contributed by atoms with Crippen molar-refractivity contribution >= 4 is 35.6 Å². The molecule has 0 aromatic heterocycles. The first-order valence-electron chi connectivity index (χ1n) is 7.40. The van der Waals surface area contributed by atoms with Crippen LogP contribution in [-0.4, -0.2) is 18.6 Å². The Bertz CT molecular complexity index is 641. The number of benzene rings is 2. The van der Waals surface area contributed by atoms with Crippen molar-refractivity contribution in [1.29, 1.82) is 0 Å². The Morgan fingerprint density at radius 2 is 1.78 bits per heavy atom. The van der Waals surface area contributed by atoms with E-state index in [1.807, 2.05) is 69.3 Å². The van der Waals surface area contributed by atoms with Crippen LogP contribution in [-0.2, 0) is 0 Å². The van der Waals surface area contributed by atoms with Gasteiger partial charge in [-0.3, -0.25) is 0 Å². The predicted molar refractivity (Wildman–Crippen MR) is 108 cm³/mol. The van der Waals surface area contributed by atoms with Gasteiger partial charge in [0.2, 0.25) is 0 Å². The van der Waals surface area contributed by atoms with Crippen molar-refractivity contribution in [3.05, 3.63) is 59.7 Å². The van der Waals surface area contributed by atoms with Gasteiger partial charge in [-0.2, -0.15) is 0 Å². The molecule has 23 heavy (non-hydrogen) atoms. The number of hydrogen-bond donors (Lipinski definition) is 2. The van der Waals surface area contributed by atoms with Crippen molar-refractivity contribution in [3.8, 4) is 5.75 Å². The third-order valence-electron chi connectivity index (χ3n) is 3.26. The Hall–Kier alpha value is -1.76. The van der Waals surface area contributed by atoms with Crippen LogP contribution >= 0.6 is 24.0 Å². The Morgan fingerprint density at radius 1 is 1.13 bits per heavy atom. The van der Waals surface area contributed by atoms with Gasteiger partial charge in [0, 0.05) is 5.69 Å². The zero-order chi connectivity index (χ0) is 15.9. The van der Waals surface area contributed by atoms with Crippen LogP contribution in [0.4, 0.5) is 5.69 Å². The number of ether oxygens (including phenoxy) is 1. The predicted octanol–water partition coefficient (Wildman–Crippen LogP) is 4.12. The van der Waals surface area contributed by atoms with Gasteiger partial charge in [-0.05, 0) is 44.5 Å². The number of nitrogens with two attached hydrogens (primary N) is 1. The van der Waals surface area contributed by atoms with Crippen molar-refractivity contribution in [2.24, 2.45) is 10.7 Å². The maximum Gasteiger partial charge on any atom is 0.193 e. The maximum absolute atomic E-state index is 5.90. The summed E-state index contributed by atoms with van der Waals surface area (Å²) in [5.74, 6) is 1.28. The highest BCUT2D eigenvalue weighted by molar-refractivity contribution is 14.0. The van der Waals surface area contributed by atoms with E-state index in [1.165, 1.54) is 5.56 Å². The number of guanidine groups is 1. The van der Waals surface area contributed by atoms with Crippen molar-refractivity contribution in [2.75, 3.05) is 11.9 Å². The van der Waals surface area contributed by atoms with E-state index in [1.54, 1.807) is 0 Å². The Balaban J connectivity index is 0.00000264. The van der Waals surface area contributed by atoms with Crippen LogP contribution in [0.25, 0.3) is 0 Å². The highest BCUT2D eigenvalue weighted by atomic mass is 127. The van der Waals surface area contributed by atoms with Crippen LogP contribution in [0.2, 0.25) is 0 Å². The van der Waals surface area contributed by atoms with Crippen LogP contribution in [0.5, 0.6) is 5.75 Å². The second kappa shape index (κ2) is 9.39. The molecule has 5 heteroatoms. The third-order valence-corrected chi connectivity index (χ3v) is 3.26. The zero-order valence-electron chi connectivity index (χ0n) is 13.7. The molecule has 2 aromatic rings. The van der Waals surface area contributed by atoms with Gasteiger partial charge in [0.1, 0.15) is 11.9 Å². The lowest BCUT2D eigenvalue weighted by molar-refractivity contribution is 0.229. The Morgan fingerprint density at radius 3 is 2.43 bits per heavy atom. The molecule has 124 valence electrons. The minimum absolute atomic E-state index is 0. The average Bonchev–Trinajstić information content (AvgIpc) is 2.50. The number of rotatable bonds is 5. The number of nitrogens with one attached hydrogen (secondary N) is 1. The first-order valence-corrected chi connectivity index (χ1v) is 7.40. The lowest BCUT2D eigenvalue weighted by Crippen LogP contribution is -2.25. The summed E-state index contributed by atoms with van der Waals surface area (Å²) < 4.78 is 5.87. The summed E-state index contributed by atoms with van der Waals surface area (Å²) in [4.78, 5) is 4.33. The number of anilines is 1. The van der Waals surface area contributed by atoms with E-state index in [-0.39, 0.29) is 30.1 Å². The second-order valence-electron chi connectivity index (χ2n) is 5.41. The second-order valence-corrected chi connectivity index (χ2v) is 5.41. The maximum atomic E-state index is 5.90. The molecule has 2 rings (SSSR count). The molecule has 0 amide bonds. The van der Waals surface area contributed by atoms with Crippen molar-refractivity contribution < 1.29 is 4.74 Å². The minimum Gasteiger partial charge on any atom is -0.489 e. The first-order chi connectivity index (χ1) is 10.5. The summed E-state index contributed by atoms with van der Waals surface area (Å²) in [6, 6.07) is 16.0. The summed E-state index contributed by atoms with van der Waals surface area (Å²) >= 11 is 0. The SMILES string of the molecule is Cc1ccc(NC(N)=NCC(C)Oc2ccccc2C)cc1.I. The van der Waals surface area contributed by atoms with Gasteiger partial charge in [-0.15, -0.1) is 24.0 Å². The van der Waals surface area contributed by atoms with E-state index in [0.29, 0.717) is 12.5 Å². The fraction of sp³-hybridized carbons (Fsp3) is 0.278. The summed E-state index contributed by atoms with van der Waals surface area (Å²) in [5.41, 5.74) is 9.15. The van der Waals surface area contributed by atoms with Gasteiger partial charge in [0.15, 0.2) is 5.96 Å². The fourth-order valence-electron chi connectivity index (χ4n) is 1.99. The number of aliphatic imine (C=N–C) groups is 1. The standard InChI is InChI=1S/C18H23N3O.HI/c1-13-8-10-16(11-9-13)21-18(19)20-12-15(3)22-17-7-5-4-6-14(17)2;/h4-11,15H,12H2,1-3H3,(H3,19,20,21);1H. The number of halogens is 1. The molecule has 0 aliphatic carbocycles. The van der Waals surface area contributed by atoms with E-state index in [2.05, 4.69) is 10.3 Å². The van der Waals surface area contributed by atoms with E-state index in [0.717, 1.165) is 17.0 Å². The molecule has 2 aromatic carbocycles. The first kappa shape index (κ1) is 19.3. The number of para-hydroxylation sites is 1. The van der Waals surface area contributed by atoms with Crippen molar-refractivity contribution in [3.63, 3.8) is 0 Å². The molecule has 0 bridgehead atoms. The smallest absolute Gasteiger partial charge is 0.193 e. The molecule has 0 saturated carbocycles. The van der Waals surface area contributed by atoms with Gasteiger partial charge in [-0.1, -0.05) is 35.9 Å². The molecule has 0 aliphatic heterocycles. The van der Waals surface area contributed by atoms with E-state index in [9.17, 15) is 0 Å². The van der Waals surface area contributed by atoms with Gasteiger partial charge in [0.25, 0.3) is 0 Å². The molecule has 0 saturated heterocycles. The van der Waals surface area contributed by atoms with Crippen molar-refractivity contribution in [2.45, 2.75) is 26.9 Å². The molecular weight excluding hydrogens is 401 g/mol. The van der Waals surface area contributed by atoms with Crippen LogP contribution in [0.15, 0.2) is 53.5 Å². The van der Waals surface area contributed by atoms with Gasteiger partial charge < -0.3 is 15.8 Å². The molecule has 0 radical (unpaired) electrons. The monoisotopic (exact) mass is 425 g/mol. The van der Waals surface area contributed by atoms with Gasteiger partial charge in [0.05, 0.1) is 6.54 Å². The molecule has 0 spiro atoms. The topological polar surface area (TPSA) is 59.6 Å².